The minimum atomic E-state index is -0.706. The number of imidazole rings is 1. The van der Waals surface area contributed by atoms with E-state index in [0.29, 0.717) is 23.0 Å². The Balaban J connectivity index is 1.49. The number of aromatic amines is 1. The number of hydrogen-bond donors (Lipinski definition) is 3. The number of halogens is 3. The van der Waals surface area contributed by atoms with Gasteiger partial charge in [0.15, 0.2) is 0 Å². The molecule has 5 rings (SSSR count). The molecule has 1 aliphatic carbocycles. The highest BCUT2D eigenvalue weighted by molar-refractivity contribution is 6.35. The van der Waals surface area contributed by atoms with Gasteiger partial charge < -0.3 is 15.4 Å². The number of hydrogen-bond acceptors (Lipinski definition) is 3. The predicted octanol–water partition coefficient (Wildman–Crippen LogP) is 5.06. The lowest BCUT2D eigenvalue weighted by Gasteiger charge is -2.18. The van der Waals surface area contributed by atoms with Gasteiger partial charge in [0, 0.05) is 12.0 Å². The number of nitrogens with one attached hydrogen (secondary N) is 2. The fourth-order valence-corrected chi connectivity index (χ4v) is 4.54. The van der Waals surface area contributed by atoms with Crippen molar-refractivity contribution in [2.45, 2.75) is 18.6 Å². The van der Waals surface area contributed by atoms with Crippen LogP contribution in [0.2, 0.25) is 10.0 Å². The molecule has 31 heavy (non-hydrogen) atoms. The number of fused-ring (bicyclic) bond motifs is 2. The van der Waals surface area contributed by atoms with Crippen LogP contribution in [0.15, 0.2) is 54.6 Å². The van der Waals surface area contributed by atoms with Crippen LogP contribution in [0.25, 0.3) is 22.4 Å². The smallest absolute Gasteiger partial charge is 0.251 e. The summed E-state index contributed by atoms with van der Waals surface area (Å²) in [5.41, 5.74) is 3.21. The number of carbonyl (C=O) groups excluding carboxylic acids is 1. The molecule has 0 fully saturated rings. The van der Waals surface area contributed by atoms with Gasteiger partial charge in [0.1, 0.15) is 17.2 Å². The van der Waals surface area contributed by atoms with Crippen LogP contribution in [0.4, 0.5) is 4.39 Å². The average molecular weight is 456 g/mol. The van der Waals surface area contributed by atoms with E-state index in [1.807, 2.05) is 24.3 Å². The lowest BCUT2D eigenvalue weighted by Crippen LogP contribution is -2.33. The van der Waals surface area contributed by atoms with Gasteiger partial charge in [0.25, 0.3) is 5.91 Å². The highest BCUT2D eigenvalue weighted by atomic mass is 35.5. The van der Waals surface area contributed by atoms with Gasteiger partial charge in [-0.05, 0) is 35.4 Å². The maximum Gasteiger partial charge on any atom is 0.251 e. The van der Waals surface area contributed by atoms with Crippen molar-refractivity contribution >= 4 is 40.1 Å². The molecule has 3 N–H and O–H groups in total. The van der Waals surface area contributed by atoms with Gasteiger partial charge in [-0.25, -0.2) is 9.37 Å². The molecule has 1 amide bonds. The molecule has 8 heteroatoms. The lowest BCUT2D eigenvalue weighted by atomic mass is 10.1. The summed E-state index contributed by atoms with van der Waals surface area (Å²) in [7, 11) is 0. The number of aliphatic hydroxyl groups excluding tert-OH is 1. The minimum Gasteiger partial charge on any atom is -0.390 e. The first-order valence-corrected chi connectivity index (χ1v) is 10.4. The number of nitrogens with zero attached hydrogens (tertiary/aromatic N) is 1. The Labute approximate surface area is 186 Å². The van der Waals surface area contributed by atoms with Gasteiger partial charge >= 0.3 is 0 Å². The van der Waals surface area contributed by atoms with Crippen LogP contribution < -0.4 is 5.32 Å². The summed E-state index contributed by atoms with van der Waals surface area (Å²) in [6.45, 7) is 0. The maximum absolute atomic E-state index is 14.3. The van der Waals surface area contributed by atoms with E-state index in [2.05, 4.69) is 15.3 Å². The van der Waals surface area contributed by atoms with Crippen LogP contribution in [0, 0.1) is 5.82 Å². The van der Waals surface area contributed by atoms with E-state index in [-0.39, 0.29) is 27.3 Å². The van der Waals surface area contributed by atoms with E-state index in [0.717, 1.165) is 11.1 Å². The van der Waals surface area contributed by atoms with Gasteiger partial charge in [-0.1, -0.05) is 53.5 Å². The van der Waals surface area contributed by atoms with Crippen LogP contribution in [-0.4, -0.2) is 27.1 Å². The Bertz CT molecular complexity index is 1320. The number of rotatable bonds is 3. The van der Waals surface area contributed by atoms with Gasteiger partial charge in [0.05, 0.1) is 33.3 Å². The Morgan fingerprint density at radius 3 is 2.74 bits per heavy atom. The van der Waals surface area contributed by atoms with Crippen molar-refractivity contribution in [3.63, 3.8) is 0 Å². The van der Waals surface area contributed by atoms with Crippen LogP contribution in [-0.2, 0) is 6.42 Å². The molecule has 4 aromatic rings. The number of carbonyl (C=O) groups is 1. The molecule has 0 saturated heterocycles. The van der Waals surface area contributed by atoms with Crippen molar-refractivity contribution in [3.05, 3.63) is 87.2 Å². The molecule has 3 aromatic carbocycles. The van der Waals surface area contributed by atoms with E-state index in [4.69, 9.17) is 23.2 Å². The van der Waals surface area contributed by atoms with Crippen LogP contribution in [0.1, 0.15) is 27.5 Å². The van der Waals surface area contributed by atoms with Crippen LogP contribution in [0.5, 0.6) is 0 Å². The van der Waals surface area contributed by atoms with E-state index in [9.17, 15) is 14.3 Å². The molecule has 0 bridgehead atoms. The fourth-order valence-electron chi connectivity index (χ4n) is 4.02. The highest BCUT2D eigenvalue weighted by Gasteiger charge is 2.32. The quantitative estimate of drug-likeness (QED) is 0.403. The van der Waals surface area contributed by atoms with Crippen LogP contribution >= 0.6 is 23.2 Å². The average Bonchev–Trinajstić information content (AvgIpc) is 3.29. The molecule has 0 spiro atoms. The monoisotopic (exact) mass is 455 g/mol. The largest absolute Gasteiger partial charge is 0.390 e. The molecule has 0 saturated carbocycles. The zero-order chi connectivity index (χ0) is 21.7. The third kappa shape index (κ3) is 3.47. The molecule has 2 atom stereocenters. The summed E-state index contributed by atoms with van der Waals surface area (Å²) in [6.07, 6.45) is -0.226. The van der Waals surface area contributed by atoms with E-state index in [1.54, 1.807) is 12.1 Å². The first kappa shape index (κ1) is 20.0. The summed E-state index contributed by atoms with van der Waals surface area (Å²) < 4.78 is 14.3. The molecule has 1 heterocycles. The third-order valence-electron chi connectivity index (χ3n) is 5.49. The van der Waals surface area contributed by atoms with Crippen molar-refractivity contribution in [3.8, 4) is 11.4 Å². The Morgan fingerprint density at radius 2 is 1.94 bits per heavy atom. The van der Waals surface area contributed by atoms with Crippen molar-refractivity contribution in [2.75, 3.05) is 0 Å². The highest BCUT2D eigenvalue weighted by Crippen LogP contribution is 2.34. The van der Waals surface area contributed by atoms with Gasteiger partial charge in [-0.15, -0.1) is 0 Å². The summed E-state index contributed by atoms with van der Waals surface area (Å²) in [5, 5.41) is 13.7. The first-order chi connectivity index (χ1) is 14.9. The Kier molecular flexibility index (Phi) is 4.93. The zero-order valence-electron chi connectivity index (χ0n) is 16.0. The number of H-pyrrole nitrogens is 1. The summed E-state index contributed by atoms with van der Waals surface area (Å²) >= 11 is 12.5. The number of amides is 1. The van der Waals surface area contributed by atoms with Gasteiger partial charge in [-0.3, -0.25) is 4.79 Å². The molecular formula is C23H16Cl2FN3O2. The van der Waals surface area contributed by atoms with Gasteiger partial charge in [-0.2, -0.15) is 0 Å². The second kappa shape index (κ2) is 7.64. The standard InChI is InChI=1S/C23H16Cl2FN3O2/c24-14-6-3-7-16(26)19(14)22-27-17-9-12(8-15(25)21(17)28-22)23(31)29-20-13-5-2-1-4-11(13)10-18(20)30/h1-9,18,20,30H,10H2,(H,27,28)(H,29,31). The maximum atomic E-state index is 14.3. The zero-order valence-corrected chi connectivity index (χ0v) is 17.5. The molecule has 156 valence electrons. The number of benzene rings is 3. The molecule has 0 aliphatic heterocycles. The molecule has 2 unspecified atom stereocenters. The van der Waals surface area contributed by atoms with Crippen molar-refractivity contribution in [1.82, 2.24) is 15.3 Å². The van der Waals surface area contributed by atoms with Crippen molar-refractivity contribution in [2.24, 2.45) is 0 Å². The molecule has 1 aliphatic rings. The van der Waals surface area contributed by atoms with Crippen molar-refractivity contribution in [1.29, 1.82) is 0 Å². The fraction of sp³-hybridized carbons (Fsp3) is 0.130. The van der Waals surface area contributed by atoms with E-state index in [1.165, 1.54) is 18.2 Å². The number of aromatic nitrogens is 2. The molecule has 5 nitrogen and oxygen atoms in total. The number of aliphatic hydroxyl groups is 1. The van der Waals surface area contributed by atoms with E-state index < -0.39 is 18.0 Å². The first-order valence-electron chi connectivity index (χ1n) is 9.63. The van der Waals surface area contributed by atoms with Gasteiger partial charge in [0.2, 0.25) is 0 Å². The lowest BCUT2D eigenvalue weighted by molar-refractivity contribution is 0.0858. The van der Waals surface area contributed by atoms with Crippen molar-refractivity contribution < 1.29 is 14.3 Å². The summed E-state index contributed by atoms with van der Waals surface area (Å²) in [4.78, 5) is 20.3. The second-order valence-electron chi connectivity index (χ2n) is 7.46. The van der Waals surface area contributed by atoms with Crippen LogP contribution in [0.3, 0.4) is 0 Å². The Hall–Kier alpha value is -2.93. The minimum absolute atomic E-state index is 0.133. The normalized spacial score (nSPS) is 17.7. The topological polar surface area (TPSA) is 78.0 Å². The Morgan fingerprint density at radius 1 is 1.13 bits per heavy atom. The summed E-state index contributed by atoms with van der Waals surface area (Å²) in [5.74, 6) is -0.683. The van der Waals surface area contributed by atoms with E-state index >= 15 is 0 Å². The molecular weight excluding hydrogens is 440 g/mol. The molecule has 0 radical (unpaired) electrons. The molecule has 1 aromatic heterocycles. The second-order valence-corrected chi connectivity index (χ2v) is 8.27. The predicted molar refractivity (Wildman–Crippen MR) is 118 cm³/mol. The third-order valence-corrected chi connectivity index (χ3v) is 6.10. The SMILES string of the molecule is O=C(NC1c2ccccc2CC1O)c1cc(Cl)c2nc(-c3c(F)cccc3Cl)[nH]c2c1. The summed E-state index contributed by atoms with van der Waals surface area (Å²) in [6, 6.07) is 14.6.